The highest BCUT2D eigenvalue weighted by atomic mass is 79.9. The van der Waals surface area contributed by atoms with Gasteiger partial charge in [-0.05, 0) is 57.7 Å². The molecule has 0 radical (unpaired) electrons. The Hall–Kier alpha value is -1.52. The van der Waals surface area contributed by atoms with Gasteiger partial charge in [0.15, 0.2) is 6.61 Å². The van der Waals surface area contributed by atoms with E-state index in [1.807, 2.05) is 24.3 Å². The van der Waals surface area contributed by atoms with Crippen LogP contribution < -0.4 is 10.1 Å². The average molecular weight is 383 g/mol. The molecule has 0 aliphatic carbocycles. The average Bonchev–Trinajstić information content (AvgIpc) is 2.47. The summed E-state index contributed by atoms with van der Waals surface area (Å²) in [5, 5.41) is 3.41. The van der Waals surface area contributed by atoms with E-state index in [0.717, 1.165) is 5.69 Å². The van der Waals surface area contributed by atoms with Crippen molar-refractivity contribution >= 4 is 39.1 Å². The molecule has 0 aliphatic heterocycles. The molecular formula is C17H17BrClNO2. The van der Waals surface area contributed by atoms with Gasteiger partial charge >= 0.3 is 0 Å². The lowest BCUT2D eigenvalue weighted by molar-refractivity contribution is -0.118. The smallest absolute Gasteiger partial charge is 0.262 e. The number of rotatable bonds is 5. The van der Waals surface area contributed by atoms with Gasteiger partial charge in [0.05, 0.1) is 4.47 Å². The lowest BCUT2D eigenvalue weighted by atomic mass is 10.0. The molecule has 0 saturated heterocycles. The summed E-state index contributed by atoms with van der Waals surface area (Å²) >= 11 is 9.20. The predicted octanol–water partition coefficient (Wildman–Crippen LogP) is 5.24. The maximum Gasteiger partial charge on any atom is 0.262 e. The van der Waals surface area contributed by atoms with E-state index < -0.39 is 0 Å². The van der Waals surface area contributed by atoms with Crippen molar-refractivity contribution in [3.05, 3.63) is 57.5 Å². The Labute approximate surface area is 143 Å². The highest BCUT2D eigenvalue weighted by Crippen LogP contribution is 2.27. The molecule has 0 saturated carbocycles. The van der Waals surface area contributed by atoms with Crippen LogP contribution in [0.4, 0.5) is 5.69 Å². The molecule has 2 rings (SSSR count). The molecule has 0 spiro atoms. The van der Waals surface area contributed by atoms with Gasteiger partial charge in [0.2, 0.25) is 0 Å². The van der Waals surface area contributed by atoms with Crippen molar-refractivity contribution < 1.29 is 9.53 Å². The zero-order valence-corrected chi connectivity index (χ0v) is 14.7. The van der Waals surface area contributed by atoms with Crippen LogP contribution in [-0.2, 0) is 4.79 Å². The van der Waals surface area contributed by atoms with Crippen molar-refractivity contribution in [3.8, 4) is 5.75 Å². The van der Waals surface area contributed by atoms with Gasteiger partial charge in [-0.15, -0.1) is 0 Å². The van der Waals surface area contributed by atoms with Crippen molar-refractivity contribution in [3.63, 3.8) is 0 Å². The number of nitrogens with one attached hydrogen (secondary N) is 1. The number of ether oxygens (including phenoxy) is 1. The predicted molar refractivity (Wildman–Crippen MR) is 93.8 cm³/mol. The summed E-state index contributed by atoms with van der Waals surface area (Å²) in [7, 11) is 0. The molecule has 0 atom stereocenters. The van der Waals surface area contributed by atoms with Crippen LogP contribution in [0.3, 0.4) is 0 Å². The normalized spacial score (nSPS) is 10.6. The van der Waals surface area contributed by atoms with E-state index in [4.69, 9.17) is 16.3 Å². The third-order valence-electron chi connectivity index (χ3n) is 3.11. The van der Waals surface area contributed by atoms with E-state index in [1.54, 1.807) is 18.2 Å². The zero-order valence-electron chi connectivity index (χ0n) is 12.4. The minimum Gasteiger partial charge on any atom is -0.483 e. The summed E-state index contributed by atoms with van der Waals surface area (Å²) in [6, 6.07) is 13.0. The number of benzene rings is 2. The summed E-state index contributed by atoms with van der Waals surface area (Å²) in [6.07, 6.45) is 0. The number of halogens is 2. The molecule has 3 nitrogen and oxygen atoms in total. The van der Waals surface area contributed by atoms with E-state index in [9.17, 15) is 4.79 Å². The molecule has 1 amide bonds. The Bertz CT molecular complexity index is 656. The Kier molecular flexibility index (Phi) is 5.86. The number of carbonyl (C=O) groups excluding carboxylic acids is 1. The molecule has 5 heteroatoms. The topological polar surface area (TPSA) is 38.3 Å². The van der Waals surface area contributed by atoms with Crippen LogP contribution in [0.5, 0.6) is 5.75 Å². The van der Waals surface area contributed by atoms with Crippen LogP contribution in [0.1, 0.15) is 25.3 Å². The number of hydrogen-bond acceptors (Lipinski definition) is 2. The highest BCUT2D eigenvalue weighted by Gasteiger charge is 2.07. The molecule has 0 heterocycles. The van der Waals surface area contributed by atoms with Crippen LogP contribution >= 0.6 is 27.5 Å². The van der Waals surface area contributed by atoms with Gasteiger partial charge in [0, 0.05) is 10.7 Å². The van der Waals surface area contributed by atoms with E-state index >= 15 is 0 Å². The summed E-state index contributed by atoms with van der Waals surface area (Å²) in [5.41, 5.74) is 1.99. The number of amides is 1. The van der Waals surface area contributed by atoms with Gasteiger partial charge in [0.1, 0.15) is 5.75 Å². The van der Waals surface area contributed by atoms with Gasteiger partial charge < -0.3 is 10.1 Å². The van der Waals surface area contributed by atoms with Crippen molar-refractivity contribution in [2.45, 2.75) is 19.8 Å². The quantitative estimate of drug-likeness (QED) is 0.767. The first kappa shape index (κ1) is 16.8. The zero-order chi connectivity index (χ0) is 16.1. The van der Waals surface area contributed by atoms with Gasteiger partial charge in [-0.3, -0.25) is 4.79 Å². The van der Waals surface area contributed by atoms with Crippen LogP contribution in [0.15, 0.2) is 46.9 Å². The second-order valence-corrected chi connectivity index (χ2v) is 6.48. The van der Waals surface area contributed by atoms with Crippen LogP contribution in [0.25, 0.3) is 0 Å². The lowest BCUT2D eigenvalue weighted by Crippen LogP contribution is -2.20. The fraction of sp³-hybridized carbons (Fsp3) is 0.235. The minimum absolute atomic E-state index is 0.0633. The van der Waals surface area contributed by atoms with E-state index in [0.29, 0.717) is 21.2 Å². The fourth-order valence-electron chi connectivity index (χ4n) is 1.88. The van der Waals surface area contributed by atoms with Gasteiger partial charge in [-0.1, -0.05) is 37.6 Å². The van der Waals surface area contributed by atoms with E-state index in [-0.39, 0.29) is 12.5 Å². The maximum atomic E-state index is 11.9. The molecule has 2 aromatic carbocycles. The van der Waals surface area contributed by atoms with Crippen LogP contribution in [0.2, 0.25) is 5.02 Å². The molecular weight excluding hydrogens is 366 g/mol. The van der Waals surface area contributed by atoms with Gasteiger partial charge in [-0.25, -0.2) is 0 Å². The largest absolute Gasteiger partial charge is 0.483 e. The lowest BCUT2D eigenvalue weighted by Gasteiger charge is -2.10. The van der Waals surface area contributed by atoms with Crippen molar-refractivity contribution in [2.24, 2.45) is 0 Å². The third kappa shape index (κ3) is 4.75. The van der Waals surface area contributed by atoms with Crippen LogP contribution in [0, 0.1) is 0 Å². The van der Waals surface area contributed by atoms with Gasteiger partial charge in [0.25, 0.3) is 5.91 Å². The molecule has 2 aromatic rings. The maximum absolute atomic E-state index is 11.9. The SMILES string of the molecule is CC(C)c1ccc(NC(=O)COc2ccc(Cl)cc2Br)cc1. The first-order chi connectivity index (χ1) is 10.5. The van der Waals surface area contributed by atoms with Crippen molar-refractivity contribution in [2.75, 3.05) is 11.9 Å². The van der Waals surface area contributed by atoms with Crippen LogP contribution in [-0.4, -0.2) is 12.5 Å². The fourth-order valence-corrected chi connectivity index (χ4v) is 2.68. The summed E-state index contributed by atoms with van der Waals surface area (Å²) in [5.74, 6) is 0.837. The molecule has 0 aromatic heterocycles. The summed E-state index contributed by atoms with van der Waals surface area (Å²) in [4.78, 5) is 11.9. The number of carbonyl (C=O) groups is 1. The summed E-state index contributed by atoms with van der Waals surface area (Å²) < 4.78 is 6.19. The van der Waals surface area contributed by atoms with E-state index in [1.165, 1.54) is 5.56 Å². The second-order valence-electron chi connectivity index (χ2n) is 5.19. The standard InChI is InChI=1S/C17H17BrClNO2/c1-11(2)12-3-6-14(7-4-12)20-17(21)10-22-16-8-5-13(19)9-15(16)18/h3-9,11H,10H2,1-2H3,(H,20,21). The number of hydrogen-bond donors (Lipinski definition) is 1. The van der Waals surface area contributed by atoms with Crippen molar-refractivity contribution in [1.29, 1.82) is 0 Å². The highest BCUT2D eigenvalue weighted by molar-refractivity contribution is 9.10. The van der Waals surface area contributed by atoms with E-state index in [2.05, 4.69) is 35.1 Å². The number of anilines is 1. The van der Waals surface area contributed by atoms with Crippen molar-refractivity contribution in [1.82, 2.24) is 0 Å². The molecule has 22 heavy (non-hydrogen) atoms. The second kappa shape index (κ2) is 7.65. The Morgan fingerprint density at radius 2 is 1.91 bits per heavy atom. The Morgan fingerprint density at radius 3 is 2.50 bits per heavy atom. The molecule has 116 valence electrons. The molecule has 0 aliphatic rings. The third-order valence-corrected chi connectivity index (χ3v) is 3.97. The first-order valence-electron chi connectivity index (χ1n) is 6.93. The summed E-state index contributed by atoms with van der Waals surface area (Å²) in [6.45, 7) is 4.20. The molecule has 0 unspecified atom stereocenters. The molecule has 0 bridgehead atoms. The molecule has 0 fully saturated rings. The monoisotopic (exact) mass is 381 g/mol. The molecule has 1 N–H and O–H groups in total. The first-order valence-corrected chi connectivity index (χ1v) is 8.10. The minimum atomic E-state index is -0.209. The Balaban J connectivity index is 1.90. The Morgan fingerprint density at radius 1 is 1.23 bits per heavy atom. The van der Waals surface area contributed by atoms with Gasteiger partial charge in [-0.2, -0.15) is 0 Å².